The monoisotopic (exact) mass is 379 g/mol. The van der Waals surface area contributed by atoms with Crippen LogP contribution in [0.5, 0.6) is 5.75 Å². The maximum Gasteiger partial charge on any atom is 0.219 e. The molecule has 0 atom stereocenters. The minimum atomic E-state index is 0.0988. The van der Waals surface area contributed by atoms with Crippen molar-refractivity contribution < 1.29 is 9.53 Å². The van der Waals surface area contributed by atoms with Gasteiger partial charge in [0.25, 0.3) is 0 Å². The van der Waals surface area contributed by atoms with E-state index in [1.165, 1.54) is 5.56 Å². The summed E-state index contributed by atoms with van der Waals surface area (Å²) in [7, 11) is 0. The maximum atomic E-state index is 11.4. The van der Waals surface area contributed by atoms with Crippen LogP contribution in [0.25, 0.3) is 11.0 Å². The predicted molar refractivity (Wildman–Crippen MR) is 113 cm³/mol. The second-order valence-electron chi connectivity index (χ2n) is 6.99. The first-order valence-electron chi connectivity index (χ1n) is 10.1. The number of nitrogens with one attached hydrogen (secondary N) is 1. The Morgan fingerprint density at radius 3 is 2.68 bits per heavy atom. The summed E-state index contributed by atoms with van der Waals surface area (Å²) < 4.78 is 8.15. The number of hydrogen-bond acceptors (Lipinski definition) is 3. The number of hydrogen-bond donors (Lipinski definition) is 1. The van der Waals surface area contributed by atoms with Crippen molar-refractivity contribution in [3.63, 3.8) is 0 Å². The van der Waals surface area contributed by atoms with Gasteiger partial charge in [-0.05, 0) is 44.0 Å². The molecule has 0 aliphatic carbocycles. The third-order valence-corrected chi connectivity index (χ3v) is 4.77. The van der Waals surface area contributed by atoms with E-state index in [9.17, 15) is 4.79 Å². The van der Waals surface area contributed by atoms with Gasteiger partial charge in [0.05, 0.1) is 17.6 Å². The van der Waals surface area contributed by atoms with Crippen LogP contribution in [0.3, 0.4) is 0 Å². The van der Waals surface area contributed by atoms with Gasteiger partial charge in [-0.2, -0.15) is 0 Å². The molecule has 3 rings (SSSR count). The summed E-state index contributed by atoms with van der Waals surface area (Å²) in [4.78, 5) is 16.2. The number of aryl methyl sites for hydroxylation is 3. The number of amides is 1. The molecule has 1 N–H and O–H groups in total. The molecule has 3 aromatic rings. The zero-order chi connectivity index (χ0) is 19.8. The Kier molecular flexibility index (Phi) is 7.06. The lowest BCUT2D eigenvalue weighted by Crippen LogP contribution is -2.23. The quantitative estimate of drug-likeness (QED) is 0.535. The Labute approximate surface area is 166 Å². The summed E-state index contributed by atoms with van der Waals surface area (Å²) in [6, 6.07) is 16.4. The number of rotatable bonds is 10. The lowest BCUT2D eigenvalue weighted by Gasteiger charge is -2.11. The van der Waals surface area contributed by atoms with E-state index in [1.54, 1.807) is 0 Å². The van der Waals surface area contributed by atoms with Crippen LogP contribution in [0.4, 0.5) is 0 Å². The van der Waals surface area contributed by atoms with Crippen molar-refractivity contribution in [2.24, 2.45) is 0 Å². The summed E-state index contributed by atoms with van der Waals surface area (Å²) in [5, 5.41) is 2.93. The molecule has 5 heteroatoms. The van der Waals surface area contributed by atoms with Gasteiger partial charge in [0, 0.05) is 25.9 Å². The van der Waals surface area contributed by atoms with E-state index in [1.807, 2.05) is 25.1 Å². The van der Waals surface area contributed by atoms with E-state index in [0.717, 1.165) is 48.4 Å². The maximum absolute atomic E-state index is 11.4. The first kappa shape index (κ1) is 19.9. The number of carbonyl (C=O) groups excluding carboxylic acids is 1. The van der Waals surface area contributed by atoms with Crippen LogP contribution in [0.2, 0.25) is 0 Å². The van der Waals surface area contributed by atoms with Crippen LogP contribution in [-0.4, -0.2) is 28.6 Å². The van der Waals surface area contributed by atoms with E-state index < -0.39 is 0 Å². The second kappa shape index (κ2) is 9.93. The highest BCUT2D eigenvalue weighted by Crippen LogP contribution is 2.18. The van der Waals surface area contributed by atoms with Crippen molar-refractivity contribution in [2.45, 2.75) is 46.1 Å². The first-order valence-corrected chi connectivity index (χ1v) is 10.1. The number of carbonyl (C=O) groups is 1. The molecule has 0 saturated carbocycles. The van der Waals surface area contributed by atoms with Crippen LogP contribution >= 0.6 is 0 Å². The van der Waals surface area contributed by atoms with Crippen molar-refractivity contribution in [3.05, 3.63) is 59.9 Å². The van der Waals surface area contributed by atoms with Crippen LogP contribution in [0, 0.1) is 6.92 Å². The topological polar surface area (TPSA) is 56.2 Å². The van der Waals surface area contributed by atoms with Crippen LogP contribution in [0.15, 0.2) is 48.5 Å². The Balaban J connectivity index is 1.58. The molecule has 0 saturated heterocycles. The molecule has 0 aliphatic rings. The predicted octanol–water partition coefficient (Wildman–Crippen LogP) is 4.27. The molecule has 148 valence electrons. The highest BCUT2D eigenvalue weighted by molar-refractivity contribution is 5.76. The van der Waals surface area contributed by atoms with Crippen LogP contribution in [0.1, 0.15) is 37.6 Å². The fourth-order valence-corrected chi connectivity index (χ4v) is 3.21. The molecular weight excluding hydrogens is 350 g/mol. The van der Waals surface area contributed by atoms with Crippen molar-refractivity contribution in [3.8, 4) is 5.75 Å². The number of imidazole rings is 1. The van der Waals surface area contributed by atoms with Gasteiger partial charge < -0.3 is 14.6 Å². The number of ether oxygens (including phenoxy) is 1. The first-order chi connectivity index (χ1) is 13.7. The van der Waals surface area contributed by atoms with Crippen molar-refractivity contribution in [2.75, 3.05) is 13.2 Å². The molecule has 28 heavy (non-hydrogen) atoms. The lowest BCUT2D eigenvalue weighted by molar-refractivity contribution is -0.120. The van der Waals surface area contributed by atoms with Gasteiger partial charge in [0.2, 0.25) is 5.91 Å². The highest BCUT2D eigenvalue weighted by Gasteiger charge is 2.10. The van der Waals surface area contributed by atoms with Crippen LogP contribution in [-0.2, 0) is 17.8 Å². The molecular formula is C23H29N3O2. The molecule has 1 amide bonds. The molecule has 0 aliphatic heterocycles. The molecule has 0 radical (unpaired) electrons. The molecule has 2 aromatic carbocycles. The van der Waals surface area contributed by atoms with E-state index in [0.29, 0.717) is 19.6 Å². The summed E-state index contributed by atoms with van der Waals surface area (Å²) in [6.07, 6.45) is 3.17. The summed E-state index contributed by atoms with van der Waals surface area (Å²) in [6.45, 7) is 6.16. The normalized spacial score (nSPS) is 10.9. The Morgan fingerprint density at radius 2 is 1.89 bits per heavy atom. The number of para-hydroxylation sites is 2. The average Bonchev–Trinajstić information content (AvgIpc) is 3.07. The highest BCUT2D eigenvalue weighted by atomic mass is 16.5. The Hall–Kier alpha value is -2.82. The zero-order valence-electron chi connectivity index (χ0n) is 16.8. The Bertz CT molecular complexity index is 900. The van der Waals surface area contributed by atoms with Gasteiger partial charge in [0.15, 0.2) is 0 Å². The van der Waals surface area contributed by atoms with Crippen molar-refractivity contribution in [1.29, 1.82) is 0 Å². The molecule has 0 spiro atoms. The van der Waals surface area contributed by atoms with Gasteiger partial charge in [0.1, 0.15) is 11.6 Å². The second-order valence-corrected chi connectivity index (χ2v) is 6.99. The molecule has 1 heterocycles. The fraction of sp³-hybridized carbons (Fsp3) is 0.391. The molecule has 1 aromatic heterocycles. The zero-order valence-corrected chi connectivity index (χ0v) is 16.8. The van der Waals surface area contributed by atoms with Crippen LogP contribution < -0.4 is 10.1 Å². The van der Waals surface area contributed by atoms with E-state index >= 15 is 0 Å². The molecule has 5 nitrogen and oxygen atoms in total. The average molecular weight is 380 g/mol. The van der Waals surface area contributed by atoms with Crippen molar-refractivity contribution in [1.82, 2.24) is 14.9 Å². The SMILES string of the molecule is CCC(=O)NCCCc1nc2ccccc2n1CCCOc1ccc(C)cc1. The Morgan fingerprint density at radius 1 is 1.11 bits per heavy atom. The van der Waals surface area contributed by atoms with Gasteiger partial charge >= 0.3 is 0 Å². The molecule has 0 bridgehead atoms. The molecule has 0 unspecified atom stereocenters. The smallest absolute Gasteiger partial charge is 0.219 e. The van der Waals surface area contributed by atoms with E-state index in [4.69, 9.17) is 9.72 Å². The molecule has 0 fully saturated rings. The minimum Gasteiger partial charge on any atom is -0.494 e. The van der Waals surface area contributed by atoms with Gasteiger partial charge in [-0.25, -0.2) is 4.98 Å². The minimum absolute atomic E-state index is 0.0988. The summed E-state index contributed by atoms with van der Waals surface area (Å²) >= 11 is 0. The third kappa shape index (κ3) is 5.35. The van der Waals surface area contributed by atoms with Crippen molar-refractivity contribution >= 4 is 16.9 Å². The largest absolute Gasteiger partial charge is 0.494 e. The number of aromatic nitrogens is 2. The van der Waals surface area contributed by atoms with Gasteiger partial charge in [-0.15, -0.1) is 0 Å². The van der Waals surface area contributed by atoms with E-state index in [-0.39, 0.29) is 5.91 Å². The number of benzene rings is 2. The van der Waals surface area contributed by atoms with Gasteiger partial charge in [-0.3, -0.25) is 4.79 Å². The third-order valence-electron chi connectivity index (χ3n) is 4.77. The standard InChI is InChI=1S/C23H29N3O2/c1-3-23(27)24-15-6-10-22-25-20-8-4-5-9-21(20)26(22)16-7-17-28-19-13-11-18(2)12-14-19/h4-5,8-9,11-14H,3,6-7,10,15-17H2,1-2H3,(H,24,27). The van der Waals surface area contributed by atoms with Gasteiger partial charge in [-0.1, -0.05) is 36.8 Å². The fourth-order valence-electron chi connectivity index (χ4n) is 3.21. The number of nitrogens with zero attached hydrogens (tertiary/aromatic N) is 2. The lowest BCUT2D eigenvalue weighted by atomic mass is 10.2. The summed E-state index contributed by atoms with van der Waals surface area (Å²) in [5.41, 5.74) is 3.41. The summed E-state index contributed by atoms with van der Waals surface area (Å²) in [5.74, 6) is 2.08. The van der Waals surface area contributed by atoms with E-state index in [2.05, 4.69) is 47.1 Å². The number of fused-ring (bicyclic) bond motifs is 1.